The first-order valence-electron chi connectivity index (χ1n) is 11.0. The van der Waals surface area contributed by atoms with Crippen LogP contribution in [0.2, 0.25) is 0 Å². The van der Waals surface area contributed by atoms with Crippen LogP contribution >= 0.6 is 0 Å². The summed E-state index contributed by atoms with van der Waals surface area (Å²) in [4.78, 5) is 18.6. The van der Waals surface area contributed by atoms with Gasteiger partial charge in [-0.3, -0.25) is 4.79 Å². The number of fused-ring (bicyclic) bond motifs is 1. The number of carbonyl (C=O) groups excluding carboxylic acids is 1. The molecule has 2 aromatic rings. The Kier molecular flexibility index (Phi) is 9.04. The Balaban J connectivity index is 1.94. The Morgan fingerprint density at radius 1 is 1.14 bits per heavy atom. The second-order valence-corrected chi connectivity index (χ2v) is 8.46. The molecule has 0 bridgehead atoms. The summed E-state index contributed by atoms with van der Waals surface area (Å²) in [6.07, 6.45) is 5.83. The maximum Gasteiger partial charge on any atom is 0.220 e. The van der Waals surface area contributed by atoms with E-state index in [1.165, 1.54) is 10.9 Å². The SMILES string of the molecule is CCN(CC)CCCC(C)NC(=O)CC(CC(C)C)c1c[nH]c2ccccc12. The number of aromatic amines is 1. The molecular weight excluding hydrogens is 346 g/mol. The summed E-state index contributed by atoms with van der Waals surface area (Å²) in [7, 11) is 0. The van der Waals surface area contributed by atoms with E-state index in [1.54, 1.807) is 0 Å². The molecule has 0 saturated carbocycles. The number of rotatable bonds is 12. The fourth-order valence-corrected chi connectivity index (χ4v) is 4.11. The highest BCUT2D eigenvalue weighted by atomic mass is 16.1. The number of hydrogen-bond donors (Lipinski definition) is 2. The first-order chi connectivity index (χ1) is 13.4. The molecule has 0 saturated heterocycles. The van der Waals surface area contributed by atoms with Gasteiger partial charge >= 0.3 is 0 Å². The summed E-state index contributed by atoms with van der Waals surface area (Å²) in [6, 6.07) is 8.60. The van der Waals surface area contributed by atoms with Crippen LogP contribution in [-0.4, -0.2) is 41.5 Å². The monoisotopic (exact) mass is 385 g/mol. The van der Waals surface area contributed by atoms with E-state index in [-0.39, 0.29) is 17.9 Å². The van der Waals surface area contributed by atoms with Crippen molar-refractivity contribution >= 4 is 16.8 Å². The van der Waals surface area contributed by atoms with Crippen LogP contribution in [0.4, 0.5) is 0 Å². The molecule has 2 unspecified atom stereocenters. The zero-order chi connectivity index (χ0) is 20.5. The highest BCUT2D eigenvalue weighted by Crippen LogP contribution is 2.32. The smallest absolute Gasteiger partial charge is 0.220 e. The minimum atomic E-state index is 0.172. The molecule has 0 aliphatic carbocycles. The molecule has 1 amide bonds. The second-order valence-electron chi connectivity index (χ2n) is 8.46. The molecular formula is C24H39N3O. The molecule has 2 atom stereocenters. The van der Waals surface area contributed by atoms with Crippen LogP contribution in [0.15, 0.2) is 30.5 Å². The third-order valence-electron chi connectivity index (χ3n) is 5.66. The summed E-state index contributed by atoms with van der Waals surface area (Å²) in [6.45, 7) is 14.3. The van der Waals surface area contributed by atoms with Gasteiger partial charge in [0.1, 0.15) is 0 Å². The van der Waals surface area contributed by atoms with Gasteiger partial charge < -0.3 is 15.2 Å². The number of carbonyl (C=O) groups is 1. The van der Waals surface area contributed by atoms with Gasteiger partial charge in [0.2, 0.25) is 5.91 Å². The van der Waals surface area contributed by atoms with E-state index in [0.717, 1.165) is 44.4 Å². The number of para-hydroxylation sites is 1. The van der Waals surface area contributed by atoms with E-state index < -0.39 is 0 Å². The van der Waals surface area contributed by atoms with E-state index in [9.17, 15) is 4.79 Å². The van der Waals surface area contributed by atoms with Crippen molar-refractivity contribution in [2.45, 2.75) is 72.3 Å². The first kappa shape index (κ1) is 22.5. The van der Waals surface area contributed by atoms with Crippen LogP contribution in [-0.2, 0) is 4.79 Å². The Labute approximate surface area is 171 Å². The van der Waals surface area contributed by atoms with Crippen molar-refractivity contribution in [2.75, 3.05) is 19.6 Å². The molecule has 28 heavy (non-hydrogen) atoms. The average Bonchev–Trinajstić information content (AvgIpc) is 3.08. The predicted octanol–water partition coefficient (Wildman–Crippen LogP) is 5.31. The van der Waals surface area contributed by atoms with Crippen molar-refractivity contribution in [3.8, 4) is 0 Å². The van der Waals surface area contributed by atoms with Crippen molar-refractivity contribution < 1.29 is 4.79 Å². The minimum absolute atomic E-state index is 0.172. The second kappa shape index (κ2) is 11.3. The Morgan fingerprint density at radius 2 is 1.86 bits per heavy atom. The van der Waals surface area contributed by atoms with Gasteiger partial charge in [-0.2, -0.15) is 0 Å². The lowest BCUT2D eigenvalue weighted by Crippen LogP contribution is -2.34. The van der Waals surface area contributed by atoms with E-state index in [4.69, 9.17) is 0 Å². The summed E-state index contributed by atoms with van der Waals surface area (Å²) in [5, 5.41) is 4.48. The summed E-state index contributed by atoms with van der Waals surface area (Å²) in [5.74, 6) is 0.975. The maximum atomic E-state index is 12.8. The Morgan fingerprint density at radius 3 is 2.54 bits per heavy atom. The van der Waals surface area contributed by atoms with Gasteiger partial charge in [0.15, 0.2) is 0 Å². The number of nitrogens with zero attached hydrogens (tertiary/aromatic N) is 1. The van der Waals surface area contributed by atoms with Gasteiger partial charge in [-0.25, -0.2) is 0 Å². The largest absolute Gasteiger partial charge is 0.361 e. The topological polar surface area (TPSA) is 48.1 Å². The number of nitrogens with one attached hydrogen (secondary N) is 2. The van der Waals surface area contributed by atoms with Crippen LogP contribution in [0.1, 0.15) is 71.8 Å². The van der Waals surface area contributed by atoms with Gasteiger partial charge in [-0.15, -0.1) is 0 Å². The van der Waals surface area contributed by atoms with E-state index in [0.29, 0.717) is 12.3 Å². The zero-order valence-corrected chi connectivity index (χ0v) is 18.4. The predicted molar refractivity (Wildman–Crippen MR) is 120 cm³/mol. The molecule has 0 spiro atoms. The average molecular weight is 386 g/mol. The summed E-state index contributed by atoms with van der Waals surface area (Å²) in [5.41, 5.74) is 2.42. The number of amides is 1. The fourth-order valence-electron chi connectivity index (χ4n) is 4.11. The lowest BCUT2D eigenvalue weighted by atomic mass is 9.87. The van der Waals surface area contributed by atoms with Crippen LogP contribution in [0.25, 0.3) is 10.9 Å². The number of hydrogen-bond acceptors (Lipinski definition) is 2. The molecule has 2 N–H and O–H groups in total. The van der Waals surface area contributed by atoms with Crippen molar-refractivity contribution in [2.24, 2.45) is 5.92 Å². The number of H-pyrrole nitrogens is 1. The molecule has 1 heterocycles. The normalized spacial score (nSPS) is 14.0. The van der Waals surface area contributed by atoms with Crippen LogP contribution in [0.5, 0.6) is 0 Å². The molecule has 2 rings (SSSR count). The molecule has 1 aromatic carbocycles. The van der Waals surface area contributed by atoms with E-state index in [1.807, 2.05) is 6.07 Å². The number of aromatic nitrogens is 1. The minimum Gasteiger partial charge on any atom is -0.361 e. The quantitative estimate of drug-likeness (QED) is 0.520. The standard InChI is InChI=1S/C24H39N3O/c1-6-27(7-2)14-10-11-19(5)26-24(28)16-20(15-18(3)4)22-17-25-23-13-9-8-12-21(22)23/h8-9,12-13,17-20,25H,6-7,10-11,14-16H2,1-5H3,(H,26,28). The molecule has 1 aromatic heterocycles. The molecule has 4 heteroatoms. The number of benzene rings is 1. The van der Waals surface area contributed by atoms with Gasteiger partial charge in [-0.1, -0.05) is 45.9 Å². The Bertz CT molecular complexity index is 717. The lowest BCUT2D eigenvalue weighted by molar-refractivity contribution is -0.122. The molecule has 156 valence electrons. The first-order valence-corrected chi connectivity index (χ1v) is 11.0. The lowest BCUT2D eigenvalue weighted by Gasteiger charge is -2.22. The summed E-state index contributed by atoms with van der Waals surface area (Å²) < 4.78 is 0. The van der Waals surface area contributed by atoms with Crippen molar-refractivity contribution in [3.05, 3.63) is 36.0 Å². The molecule has 0 fully saturated rings. The van der Waals surface area contributed by atoms with Gasteiger partial charge in [0, 0.05) is 29.6 Å². The van der Waals surface area contributed by atoms with Gasteiger partial charge in [0.05, 0.1) is 0 Å². The van der Waals surface area contributed by atoms with E-state index >= 15 is 0 Å². The zero-order valence-electron chi connectivity index (χ0n) is 18.4. The van der Waals surface area contributed by atoms with Gasteiger partial charge in [0.25, 0.3) is 0 Å². The van der Waals surface area contributed by atoms with Gasteiger partial charge in [-0.05, 0) is 69.3 Å². The van der Waals surface area contributed by atoms with E-state index in [2.05, 4.69) is 74.2 Å². The molecule has 4 nitrogen and oxygen atoms in total. The highest BCUT2D eigenvalue weighted by molar-refractivity contribution is 5.85. The molecule has 0 radical (unpaired) electrons. The van der Waals surface area contributed by atoms with Crippen molar-refractivity contribution in [3.63, 3.8) is 0 Å². The summed E-state index contributed by atoms with van der Waals surface area (Å²) >= 11 is 0. The van der Waals surface area contributed by atoms with Crippen molar-refractivity contribution in [1.29, 1.82) is 0 Å². The molecule has 0 aliphatic heterocycles. The third-order valence-corrected chi connectivity index (χ3v) is 5.66. The van der Waals surface area contributed by atoms with Crippen LogP contribution in [0, 0.1) is 5.92 Å². The third kappa shape index (κ3) is 6.66. The highest BCUT2D eigenvalue weighted by Gasteiger charge is 2.21. The van der Waals surface area contributed by atoms with Crippen LogP contribution < -0.4 is 5.32 Å². The fraction of sp³-hybridized carbons (Fsp3) is 0.625. The van der Waals surface area contributed by atoms with Crippen molar-refractivity contribution in [1.82, 2.24) is 15.2 Å². The van der Waals surface area contributed by atoms with Crippen LogP contribution in [0.3, 0.4) is 0 Å². The molecule has 0 aliphatic rings. The Hall–Kier alpha value is -1.81. The maximum absolute atomic E-state index is 12.8.